The number of fused-ring (bicyclic) bond motifs is 1. The first-order valence-electron chi connectivity index (χ1n) is 9.74. The molecule has 0 spiro atoms. The summed E-state index contributed by atoms with van der Waals surface area (Å²) in [5, 5.41) is 0.490. The van der Waals surface area contributed by atoms with Crippen LogP contribution in [0.2, 0.25) is 0 Å². The van der Waals surface area contributed by atoms with Crippen molar-refractivity contribution in [3.05, 3.63) is 80.5 Å². The number of aromatic nitrogens is 2. The predicted octanol–water partition coefficient (Wildman–Crippen LogP) is 5.08. The summed E-state index contributed by atoms with van der Waals surface area (Å²) in [4.78, 5) is 32.5. The molecule has 0 amide bonds. The van der Waals surface area contributed by atoms with Gasteiger partial charge < -0.3 is 4.74 Å². The number of benzene rings is 2. The summed E-state index contributed by atoms with van der Waals surface area (Å²) < 4.78 is 20.3. The van der Waals surface area contributed by atoms with Crippen molar-refractivity contribution in [3.63, 3.8) is 0 Å². The van der Waals surface area contributed by atoms with Crippen LogP contribution >= 0.6 is 11.3 Å². The number of nitrogens with zero attached hydrogens (tertiary/aromatic N) is 2. The molecular weight excluding hydrogens is 415 g/mol. The highest BCUT2D eigenvalue weighted by molar-refractivity contribution is 7.19. The number of hydrogen-bond acceptors (Lipinski definition) is 5. The Morgan fingerprint density at radius 3 is 2.65 bits per heavy atom. The first kappa shape index (κ1) is 20.9. The van der Waals surface area contributed by atoms with Crippen LogP contribution in [0.25, 0.3) is 21.3 Å². The molecule has 0 N–H and O–H groups in total. The molecule has 4 rings (SSSR count). The van der Waals surface area contributed by atoms with Crippen LogP contribution in [0, 0.1) is 26.6 Å². The molecule has 0 saturated heterocycles. The Balaban J connectivity index is 1.84. The third-order valence-electron chi connectivity index (χ3n) is 5.32. The molecule has 0 aliphatic rings. The molecule has 0 aliphatic heterocycles. The lowest BCUT2D eigenvalue weighted by molar-refractivity contribution is 0.0969. The third-order valence-corrected chi connectivity index (χ3v) is 6.32. The molecule has 2 heterocycles. The minimum atomic E-state index is -0.371. The molecule has 5 nitrogen and oxygen atoms in total. The molecule has 0 fully saturated rings. The first-order valence-corrected chi connectivity index (χ1v) is 10.6. The average molecular weight is 437 g/mol. The number of carbonyl (C=O) groups excluding carboxylic acids is 1. The van der Waals surface area contributed by atoms with E-state index in [1.54, 1.807) is 21.0 Å². The molecule has 31 heavy (non-hydrogen) atoms. The van der Waals surface area contributed by atoms with Crippen LogP contribution < -0.4 is 10.3 Å². The van der Waals surface area contributed by atoms with Crippen molar-refractivity contribution in [1.82, 2.24) is 9.55 Å². The van der Waals surface area contributed by atoms with Gasteiger partial charge in [-0.25, -0.2) is 9.37 Å². The quantitative estimate of drug-likeness (QED) is 0.409. The van der Waals surface area contributed by atoms with E-state index in [1.165, 1.54) is 34.1 Å². The summed E-state index contributed by atoms with van der Waals surface area (Å²) in [6.07, 6.45) is 0. The van der Waals surface area contributed by atoms with Gasteiger partial charge in [0, 0.05) is 16.0 Å². The lowest BCUT2D eigenvalue weighted by Gasteiger charge is -2.11. The van der Waals surface area contributed by atoms with Gasteiger partial charge in [0.2, 0.25) is 0 Å². The molecule has 0 radical (unpaired) electrons. The van der Waals surface area contributed by atoms with Gasteiger partial charge in [-0.1, -0.05) is 12.1 Å². The number of halogens is 1. The average Bonchev–Trinajstić information content (AvgIpc) is 3.08. The molecule has 2 aromatic heterocycles. The van der Waals surface area contributed by atoms with E-state index in [4.69, 9.17) is 4.74 Å². The van der Waals surface area contributed by atoms with Crippen molar-refractivity contribution in [2.75, 3.05) is 7.11 Å². The van der Waals surface area contributed by atoms with Gasteiger partial charge in [-0.2, -0.15) is 0 Å². The largest absolute Gasteiger partial charge is 0.497 e. The first-order chi connectivity index (χ1) is 14.8. The molecule has 158 valence electrons. The van der Waals surface area contributed by atoms with E-state index in [9.17, 15) is 14.0 Å². The predicted molar refractivity (Wildman–Crippen MR) is 121 cm³/mol. The van der Waals surface area contributed by atoms with E-state index in [-0.39, 0.29) is 23.7 Å². The van der Waals surface area contributed by atoms with Crippen molar-refractivity contribution in [3.8, 4) is 16.9 Å². The van der Waals surface area contributed by atoms with Crippen molar-refractivity contribution in [1.29, 1.82) is 0 Å². The molecule has 2 aromatic carbocycles. The summed E-state index contributed by atoms with van der Waals surface area (Å²) >= 11 is 1.45. The van der Waals surface area contributed by atoms with Crippen molar-refractivity contribution < 1.29 is 13.9 Å². The number of methoxy groups -OCH3 is 1. The van der Waals surface area contributed by atoms with Crippen LogP contribution in [-0.2, 0) is 6.54 Å². The van der Waals surface area contributed by atoms with Crippen LogP contribution in [0.15, 0.2) is 47.3 Å². The number of rotatable bonds is 5. The molecule has 0 atom stereocenters. The zero-order chi connectivity index (χ0) is 22.3. The van der Waals surface area contributed by atoms with Gasteiger partial charge in [-0.3, -0.25) is 14.2 Å². The highest BCUT2D eigenvalue weighted by atomic mass is 32.1. The van der Waals surface area contributed by atoms with Crippen LogP contribution in [0.4, 0.5) is 4.39 Å². The van der Waals surface area contributed by atoms with Crippen LogP contribution in [0.3, 0.4) is 0 Å². The Bertz CT molecular complexity index is 1390. The molecule has 0 aliphatic carbocycles. The Morgan fingerprint density at radius 1 is 1.16 bits per heavy atom. The number of aryl methyl sites for hydroxylation is 3. The van der Waals surface area contributed by atoms with Crippen molar-refractivity contribution >= 4 is 27.3 Å². The smallest absolute Gasteiger partial charge is 0.263 e. The summed E-state index contributed by atoms with van der Waals surface area (Å²) in [7, 11) is 1.60. The van der Waals surface area contributed by atoms with E-state index in [0.29, 0.717) is 32.9 Å². The molecule has 0 unspecified atom stereocenters. The maximum absolute atomic E-state index is 13.6. The fourth-order valence-electron chi connectivity index (χ4n) is 3.66. The SMILES string of the molecule is COc1cccc(-c2c(C)sc3nc(C)n(CC(=O)c4ccc(F)c(C)c4)c(=O)c23)c1. The van der Waals surface area contributed by atoms with Gasteiger partial charge in [0.25, 0.3) is 5.56 Å². The topological polar surface area (TPSA) is 61.2 Å². The number of thiophene rings is 1. The lowest BCUT2D eigenvalue weighted by Crippen LogP contribution is -2.27. The Labute approximate surface area is 182 Å². The molecule has 4 aromatic rings. The van der Waals surface area contributed by atoms with Crippen LogP contribution in [0.5, 0.6) is 5.75 Å². The van der Waals surface area contributed by atoms with Crippen molar-refractivity contribution in [2.45, 2.75) is 27.3 Å². The van der Waals surface area contributed by atoms with Gasteiger partial charge in [-0.05, 0) is 62.2 Å². The van der Waals surface area contributed by atoms with Gasteiger partial charge in [0.15, 0.2) is 5.78 Å². The van der Waals surface area contributed by atoms with Crippen LogP contribution in [0.1, 0.15) is 26.6 Å². The van der Waals surface area contributed by atoms with E-state index in [1.807, 2.05) is 31.2 Å². The maximum Gasteiger partial charge on any atom is 0.263 e. The van der Waals surface area contributed by atoms with Gasteiger partial charge >= 0.3 is 0 Å². The maximum atomic E-state index is 13.6. The number of Topliss-reactive ketones (excluding diaryl/α,β-unsaturated/α-hetero) is 1. The monoisotopic (exact) mass is 436 g/mol. The Hall–Kier alpha value is -3.32. The second-order valence-corrected chi connectivity index (χ2v) is 8.59. The number of ether oxygens (including phenoxy) is 1. The number of hydrogen-bond donors (Lipinski definition) is 0. The van der Waals surface area contributed by atoms with E-state index >= 15 is 0 Å². The normalized spacial score (nSPS) is 11.1. The Morgan fingerprint density at radius 2 is 1.94 bits per heavy atom. The zero-order valence-corrected chi connectivity index (χ0v) is 18.5. The Kier molecular flexibility index (Phi) is 5.45. The summed E-state index contributed by atoms with van der Waals surface area (Å²) in [5.74, 6) is 0.510. The molecular formula is C24H21FN2O3S. The van der Waals surface area contributed by atoms with E-state index in [2.05, 4.69) is 4.98 Å². The van der Waals surface area contributed by atoms with E-state index < -0.39 is 0 Å². The van der Waals surface area contributed by atoms with Crippen molar-refractivity contribution in [2.24, 2.45) is 0 Å². The minimum Gasteiger partial charge on any atom is -0.497 e. The second kappa shape index (κ2) is 8.07. The fraction of sp³-hybridized carbons (Fsp3) is 0.208. The molecule has 7 heteroatoms. The highest BCUT2D eigenvalue weighted by Gasteiger charge is 2.20. The number of ketones is 1. The number of carbonyl (C=O) groups is 1. The summed E-state index contributed by atoms with van der Waals surface area (Å²) in [6, 6.07) is 11.7. The van der Waals surface area contributed by atoms with Gasteiger partial charge in [0.1, 0.15) is 22.2 Å². The minimum absolute atomic E-state index is 0.162. The van der Waals surface area contributed by atoms with E-state index in [0.717, 1.165) is 16.0 Å². The highest BCUT2D eigenvalue weighted by Crippen LogP contribution is 2.37. The van der Waals surface area contributed by atoms with Gasteiger partial charge in [-0.15, -0.1) is 11.3 Å². The zero-order valence-electron chi connectivity index (χ0n) is 17.7. The lowest BCUT2D eigenvalue weighted by atomic mass is 10.0. The fourth-order valence-corrected chi connectivity index (χ4v) is 4.74. The molecule has 0 bridgehead atoms. The standard InChI is InChI=1S/C24H21FN2O3S/c1-13-10-16(8-9-19(13)25)20(28)12-27-15(3)26-23-22(24(27)29)21(14(2)31-23)17-6-5-7-18(11-17)30-4/h5-11H,12H2,1-4H3. The summed E-state index contributed by atoms with van der Waals surface area (Å²) in [5.41, 5.74) is 2.14. The third kappa shape index (κ3) is 3.77. The summed E-state index contributed by atoms with van der Waals surface area (Å²) in [6.45, 7) is 5.10. The second-order valence-electron chi connectivity index (χ2n) is 7.38. The molecule has 0 saturated carbocycles. The van der Waals surface area contributed by atoms with Gasteiger partial charge in [0.05, 0.1) is 19.0 Å². The van der Waals surface area contributed by atoms with Crippen LogP contribution in [-0.4, -0.2) is 22.4 Å².